The molecule has 4 rings (SSSR count). The molecule has 6 nitrogen and oxygen atoms in total. The van der Waals surface area contributed by atoms with Crippen LogP contribution in [0.1, 0.15) is 36.5 Å². The lowest BCUT2D eigenvalue weighted by atomic mass is 9.97. The van der Waals surface area contributed by atoms with Crippen molar-refractivity contribution in [1.29, 1.82) is 10.5 Å². The molecule has 148 valence electrons. The van der Waals surface area contributed by atoms with E-state index in [2.05, 4.69) is 11.2 Å². The van der Waals surface area contributed by atoms with Crippen molar-refractivity contribution >= 4 is 17.4 Å². The summed E-state index contributed by atoms with van der Waals surface area (Å²) in [5, 5.41) is 22.8. The smallest absolute Gasteiger partial charge is 0.229 e. The third-order valence-electron chi connectivity index (χ3n) is 5.31. The maximum atomic E-state index is 13.5. The Morgan fingerprint density at radius 1 is 1.20 bits per heavy atom. The fourth-order valence-electron chi connectivity index (χ4n) is 3.50. The number of amides is 1. The van der Waals surface area contributed by atoms with Gasteiger partial charge in [-0.1, -0.05) is 18.2 Å². The second-order valence-electron chi connectivity index (χ2n) is 7.39. The monoisotopic (exact) mass is 399 g/mol. The molecule has 0 aliphatic heterocycles. The fraction of sp³-hybridized carbons (Fsp3) is 0.217. The SMILES string of the molecule is CC(=O)N(c1ccc(C2(C#N)CC2)cc1)c1ccn(Cc2ccc(F)c(C#N)c2)n1. The minimum absolute atomic E-state index is 0.0175. The number of nitrogens with zero attached hydrogens (tertiary/aromatic N) is 5. The Morgan fingerprint density at radius 2 is 1.93 bits per heavy atom. The number of aromatic nitrogens is 2. The van der Waals surface area contributed by atoms with Gasteiger partial charge in [-0.05, 0) is 48.2 Å². The number of nitriles is 2. The summed E-state index contributed by atoms with van der Waals surface area (Å²) >= 11 is 0. The molecule has 0 bridgehead atoms. The molecule has 1 fully saturated rings. The molecule has 0 spiro atoms. The maximum Gasteiger partial charge on any atom is 0.229 e. The molecule has 1 amide bonds. The lowest BCUT2D eigenvalue weighted by molar-refractivity contribution is -0.115. The van der Waals surface area contributed by atoms with Crippen LogP contribution in [-0.2, 0) is 16.8 Å². The number of benzene rings is 2. The predicted octanol–water partition coefficient (Wildman–Crippen LogP) is 4.18. The molecule has 1 heterocycles. The lowest BCUT2D eigenvalue weighted by Gasteiger charge is -2.19. The van der Waals surface area contributed by atoms with Crippen molar-refractivity contribution in [2.45, 2.75) is 31.7 Å². The second-order valence-corrected chi connectivity index (χ2v) is 7.39. The average Bonchev–Trinajstić information content (AvgIpc) is 3.43. The first-order valence-electron chi connectivity index (χ1n) is 9.50. The number of halogens is 1. The predicted molar refractivity (Wildman–Crippen MR) is 108 cm³/mol. The van der Waals surface area contributed by atoms with Crippen LogP contribution in [0.5, 0.6) is 0 Å². The van der Waals surface area contributed by atoms with Crippen LogP contribution in [0.3, 0.4) is 0 Å². The van der Waals surface area contributed by atoms with Gasteiger partial charge in [-0.25, -0.2) is 4.39 Å². The van der Waals surface area contributed by atoms with Crippen molar-refractivity contribution in [2.75, 3.05) is 4.90 Å². The highest BCUT2D eigenvalue weighted by Gasteiger charge is 2.44. The summed E-state index contributed by atoms with van der Waals surface area (Å²) in [5.74, 6) is -0.291. The normalized spacial score (nSPS) is 13.9. The van der Waals surface area contributed by atoms with Crippen molar-refractivity contribution < 1.29 is 9.18 Å². The van der Waals surface area contributed by atoms with E-state index in [9.17, 15) is 14.4 Å². The topological polar surface area (TPSA) is 85.7 Å². The Hall–Kier alpha value is -3.97. The van der Waals surface area contributed by atoms with Crippen molar-refractivity contribution in [3.63, 3.8) is 0 Å². The van der Waals surface area contributed by atoms with Crippen molar-refractivity contribution in [1.82, 2.24) is 9.78 Å². The summed E-state index contributed by atoms with van der Waals surface area (Å²) < 4.78 is 15.1. The van der Waals surface area contributed by atoms with E-state index >= 15 is 0 Å². The number of carbonyl (C=O) groups excluding carboxylic acids is 1. The highest BCUT2D eigenvalue weighted by Crippen LogP contribution is 2.47. The highest BCUT2D eigenvalue weighted by atomic mass is 19.1. The van der Waals surface area contributed by atoms with Gasteiger partial charge in [-0.3, -0.25) is 14.4 Å². The minimum atomic E-state index is -0.557. The number of rotatable bonds is 5. The largest absolute Gasteiger partial charge is 0.274 e. The molecule has 1 saturated carbocycles. The van der Waals surface area contributed by atoms with Crippen LogP contribution < -0.4 is 4.90 Å². The molecule has 1 aliphatic rings. The van der Waals surface area contributed by atoms with E-state index in [0.717, 1.165) is 24.0 Å². The van der Waals surface area contributed by atoms with Gasteiger partial charge >= 0.3 is 0 Å². The van der Waals surface area contributed by atoms with E-state index in [1.165, 1.54) is 24.0 Å². The first kappa shape index (κ1) is 19.4. The van der Waals surface area contributed by atoms with Crippen LogP contribution in [0.25, 0.3) is 0 Å². The zero-order valence-corrected chi connectivity index (χ0v) is 16.3. The Balaban J connectivity index is 1.58. The molecule has 1 aromatic heterocycles. The molecule has 0 saturated heterocycles. The van der Waals surface area contributed by atoms with Gasteiger partial charge in [0.15, 0.2) is 5.82 Å². The molecule has 3 aromatic rings. The fourth-order valence-corrected chi connectivity index (χ4v) is 3.50. The standard InChI is InChI=1S/C23H18FN5O/c1-16(30)29(20-5-3-19(4-6-20)23(15-26)9-10-23)22-8-11-28(27-22)14-17-2-7-21(24)18(12-17)13-25/h2-8,11-12H,9-10,14H2,1H3. The molecule has 30 heavy (non-hydrogen) atoms. The quantitative estimate of drug-likeness (QED) is 0.644. The van der Waals surface area contributed by atoms with E-state index in [1.54, 1.807) is 23.0 Å². The van der Waals surface area contributed by atoms with Crippen molar-refractivity contribution in [2.24, 2.45) is 0 Å². The Bertz CT molecular complexity index is 1200. The average molecular weight is 399 g/mol. The Kier molecular flexibility index (Phi) is 4.81. The third kappa shape index (κ3) is 3.54. The van der Waals surface area contributed by atoms with Gasteiger partial charge < -0.3 is 0 Å². The lowest BCUT2D eigenvalue weighted by Crippen LogP contribution is -2.23. The van der Waals surface area contributed by atoms with E-state index in [-0.39, 0.29) is 16.9 Å². The van der Waals surface area contributed by atoms with Gasteiger partial charge in [0.1, 0.15) is 11.9 Å². The van der Waals surface area contributed by atoms with E-state index in [0.29, 0.717) is 18.1 Å². The van der Waals surface area contributed by atoms with Gasteiger partial charge in [0.2, 0.25) is 5.91 Å². The molecule has 1 aliphatic carbocycles. The summed E-state index contributed by atoms with van der Waals surface area (Å²) in [4.78, 5) is 13.8. The van der Waals surface area contributed by atoms with E-state index < -0.39 is 5.82 Å². The van der Waals surface area contributed by atoms with Gasteiger partial charge in [-0.15, -0.1) is 0 Å². The maximum absolute atomic E-state index is 13.5. The van der Waals surface area contributed by atoms with Crippen LogP contribution in [0, 0.1) is 28.5 Å². The number of hydrogen-bond donors (Lipinski definition) is 0. The van der Waals surface area contributed by atoms with Crippen molar-refractivity contribution in [3.8, 4) is 12.1 Å². The summed E-state index contributed by atoms with van der Waals surface area (Å²) in [7, 11) is 0. The van der Waals surface area contributed by atoms with Crippen LogP contribution in [0.2, 0.25) is 0 Å². The second kappa shape index (κ2) is 7.46. The number of anilines is 2. The Morgan fingerprint density at radius 3 is 2.53 bits per heavy atom. The molecule has 2 aromatic carbocycles. The molecule has 0 unspecified atom stereocenters. The van der Waals surface area contributed by atoms with Gasteiger partial charge in [0, 0.05) is 19.2 Å². The zero-order valence-electron chi connectivity index (χ0n) is 16.3. The summed E-state index contributed by atoms with van der Waals surface area (Å²) in [6.07, 6.45) is 3.45. The molecule has 0 N–H and O–H groups in total. The van der Waals surface area contributed by atoms with Gasteiger partial charge in [0.05, 0.1) is 29.3 Å². The summed E-state index contributed by atoms with van der Waals surface area (Å²) in [5.41, 5.74) is 1.97. The van der Waals surface area contributed by atoms with Crippen molar-refractivity contribution in [3.05, 3.63) is 77.2 Å². The Labute approximate surface area is 173 Å². The number of carbonyl (C=O) groups is 1. The highest BCUT2D eigenvalue weighted by molar-refractivity contribution is 5.98. The van der Waals surface area contributed by atoms with Crippen LogP contribution in [0.4, 0.5) is 15.9 Å². The number of hydrogen-bond acceptors (Lipinski definition) is 4. The summed E-state index contributed by atoms with van der Waals surface area (Å²) in [6, 6.07) is 17.7. The summed E-state index contributed by atoms with van der Waals surface area (Å²) in [6.45, 7) is 1.80. The van der Waals surface area contributed by atoms with Crippen LogP contribution in [-0.4, -0.2) is 15.7 Å². The van der Waals surface area contributed by atoms with E-state index in [1.807, 2.05) is 30.3 Å². The third-order valence-corrected chi connectivity index (χ3v) is 5.31. The van der Waals surface area contributed by atoms with Crippen LogP contribution in [0.15, 0.2) is 54.7 Å². The van der Waals surface area contributed by atoms with Gasteiger partial charge in [-0.2, -0.15) is 15.6 Å². The first-order chi connectivity index (χ1) is 14.5. The van der Waals surface area contributed by atoms with Crippen LogP contribution >= 0.6 is 0 Å². The van der Waals surface area contributed by atoms with E-state index in [4.69, 9.17) is 5.26 Å². The molecule has 7 heteroatoms. The van der Waals surface area contributed by atoms with Gasteiger partial charge in [0.25, 0.3) is 0 Å². The molecule has 0 radical (unpaired) electrons. The molecular formula is C23H18FN5O. The first-order valence-corrected chi connectivity index (χ1v) is 9.50. The minimum Gasteiger partial charge on any atom is -0.274 e. The molecular weight excluding hydrogens is 381 g/mol. The molecule has 0 atom stereocenters. The zero-order chi connectivity index (χ0) is 21.3.